The van der Waals surface area contributed by atoms with E-state index in [4.69, 9.17) is 4.74 Å². The van der Waals surface area contributed by atoms with Crippen molar-refractivity contribution in [2.45, 2.75) is 18.5 Å². The molecule has 0 fully saturated rings. The Balaban J connectivity index is 1.59. The molecule has 8 heteroatoms. The zero-order chi connectivity index (χ0) is 22.3. The second kappa shape index (κ2) is 10.1. The molecule has 0 atom stereocenters. The molecule has 0 saturated carbocycles. The molecule has 32 heavy (non-hydrogen) atoms. The first kappa shape index (κ1) is 21.6. The standard InChI is InChI=1S/C24H23N5O2S/c1-3-17-8-10-19(11-9-17)29-23(18-12-14-25-15-13-18)27-28-24(29)32-16-22(30)26-20-6-4-5-7-21(20)31-2/h4-15H,3,16H2,1-2H3,(H,26,30). The van der Waals surface area contributed by atoms with Crippen LogP contribution in [0.5, 0.6) is 5.75 Å². The number of aryl methyl sites for hydroxylation is 1. The largest absolute Gasteiger partial charge is 0.495 e. The van der Waals surface area contributed by atoms with Gasteiger partial charge in [-0.1, -0.05) is 43.0 Å². The van der Waals surface area contributed by atoms with Crippen LogP contribution < -0.4 is 10.1 Å². The highest BCUT2D eigenvalue weighted by atomic mass is 32.2. The van der Waals surface area contributed by atoms with Crippen molar-refractivity contribution in [3.05, 3.63) is 78.6 Å². The van der Waals surface area contributed by atoms with Gasteiger partial charge in [-0.2, -0.15) is 0 Å². The van der Waals surface area contributed by atoms with Crippen LogP contribution in [0.4, 0.5) is 5.69 Å². The minimum Gasteiger partial charge on any atom is -0.495 e. The summed E-state index contributed by atoms with van der Waals surface area (Å²) in [6, 6.07) is 19.4. The first-order chi connectivity index (χ1) is 15.7. The second-order valence-electron chi connectivity index (χ2n) is 6.93. The Hall–Kier alpha value is -3.65. The van der Waals surface area contributed by atoms with Gasteiger partial charge in [-0.15, -0.1) is 10.2 Å². The SMILES string of the molecule is CCc1ccc(-n2c(SCC(=O)Nc3ccccc3OC)nnc2-c2ccncc2)cc1. The number of methoxy groups -OCH3 is 1. The first-order valence-corrected chi connectivity index (χ1v) is 11.2. The third-order valence-electron chi connectivity index (χ3n) is 4.89. The number of rotatable bonds is 8. The molecule has 0 aliphatic heterocycles. The van der Waals surface area contributed by atoms with Gasteiger partial charge in [0, 0.05) is 23.6 Å². The van der Waals surface area contributed by atoms with E-state index in [1.165, 1.54) is 17.3 Å². The lowest BCUT2D eigenvalue weighted by Crippen LogP contribution is -2.15. The van der Waals surface area contributed by atoms with E-state index < -0.39 is 0 Å². The Morgan fingerprint density at radius 2 is 1.78 bits per heavy atom. The van der Waals surface area contributed by atoms with Crippen LogP contribution in [0, 0.1) is 0 Å². The number of nitrogens with zero attached hydrogens (tertiary/aromatic N) is 4. The van der Waals surface area contributed by atoms with E-state index in [9.17, 15) is 4.79 Å². The zero-order valence-corrected chi connectivity index (χ0v) is 18.7. The molecule has 0 bridgehead atoms. The van der Waals surface area contributed by atoms with E-state index in [0.717, 1.165) is 17.7 Å². The summed E-state index contributed by atoms with van der Waals surface area (Å²) in [5.41, 5.74) is 3.72. The molecule has 0 aliphatic carbocycles. The molecule has 1 amide bonds. The van der Waals surface area contributed by atoms with Gasteiger partial charge in [0.05, 0.1) is 18.6 Å². The van der Waals surface area contributed by atoms with E-state index in [0.29, 0.717) is 22.4 Å². The molecule has 2 aromatic heterocycles. The molecule has 4 aromatic rings. The lowest BCUT2D eigenvalue weighted by Gasteiger charge is -2.12. The smallest absolute Gasteiger partial charge is 0.234 e. The molecule has 4 rings (SSSR count). The van der Waals surface area contributed by atoms with Crippen LogP contribution in [-0.4, -0.2) is 38.5 Å². The van der Waals surface area contributed by atoms with Crippen molar-refractivity contribution in [1.82, 2.24) is 19.7 Å². The summed E-state index contributed by atoms with van der Waals surface area (Å²) in [5.74, 6) is 1.34. The average Bonchev–Trinajstić information content (AvgIpc) is 3.27. The number of ether oxygens (including phenoxy) is 1. The van der Waals surface area contributed by atoms with Gasteiger partial charge in [0.25, 0.3) is 0 Å². The number of carbonyl (C=O) groups excluding carboxylic acids is 1. The number of carbonyl (C=O) groups is 1. The lowest BCUT2D eigenvalue weighted by molar-refractivity contribution is -0.113. The van der Waals surface area contributed by atoms with Crippen molar-refractivity contribution >= 4 is 23.4 Å². The molecule has 162 valence electrons. The van der Waals surface area contributed by atoms with Gasteiger partial charge >= 0.3 is 0 Å². The number of anilines is 1. The topological polar surface area (TPSA) is 81.9 Å². The van der Waals surface area contributed by atoms with Crippen molar-refractivity contribution in [2.24, 2.45) is 0 Å². The molecular weight excluding hydrogens is 422 g/mol. The number of hydrogen-bond donors (Lipinski definition) is 1. The number of aromatic nitrogens is 4. The first-order valence-electron chi connectivity index (χ1n) is 10.2. The molecular formula is C24H23N5O2S. The lowest BCUT2D eigenvalue weighted by atomic mass is 10.1. The predicted octanol–water partition coefficient (Wildman–Crippen LogP) is 4.63. The van der Waals surface area contributed by atoms with Gasteiger partial charge < -0.3 is 10.1 Å². The number of nitrogens with one attached hydrogen (secondary N) is 1. The molecule has 0 spiro atoms. The molecule has 7 nitrogen and oxygen atoms in total. The number of hydrogen-bond acceptors (Lipinski definition) is 6. The van der Waals surface area contributed by atoms with Crippen LogP contribution in [0.3, 0.4) is 0 Å². The monoisotopic (exact) mass is 445 g/mol. The Labute approximate surface area is 190 Å². The van der Waals surface area contributed by atoms with E-state index >= 15 is 0 Å². The van der Waals surface area contributed by atoms with Crippen LogP contribution in [0.25, 0.3) is 17.1 Å². The summed E-state index contributed by atoms with van der Waals surface area (Å²) >= 11 is 1.33. The van der Waals surface area contributed by atoms with Crippen molar-refractivity contribution in [2.75, 3.05) is 18.2 Å². The fourth-order valence-corrected chi connectivity index (χ4v) is 3.98. The number of benzene rings is 2. The molecule has 2 heterocycles. The average molecular weight is 446 g/mol. The Bertz CT molecular complexity index is 1190. The van der Waals surface area contributed by atoms with Crippen LogP contribution in [0.2, 0.25) is 0 Å². The summed E-state index contributed by atoms with van der Waals surface area (Å²) in [4.78, 5) is 16.7. The van der Waals surface area contributed by atoms with Gasteiger partial charge in [0.2, 0.25) is 5.91 Å². The number of amides is 1. The molecule has 2 aromatic carbocycles. The van der Waals surface area contributed by atoms with Gasteiger partial charge in [-0.25, -0.2) is 0 Å². The number of pyridine rings is 1. The molecule has 1 N–H and O–H groups in total. The highest BCUT2D eigenvalue weighted by Crippen LogP contribution is 2.29. The Morgan fingerprint density at radius 3 is 2.50 bits per heavy atom. The predicted molar refractivity (Wildman–Crippen MR) is 126 cm³/mol. The van der Waals surface area contributed by atoms with Crippen LogP contribution in [0.15, 0.2) is 78.2 Å². The van der Waals surface area contributed by atoms with Gasteiger partial charge in [0.15, 0.2) is 11.0 Å². The van der Waals surface area contributed by atoms with Gasteiger partial charge in [-0.05, 0) is 48.4 Å². The van der Waals surface area contributed by atoms with Gasteiger partial charge in [-0.3, -0.25) is 14.3 Å². The van der Waals surface area contributed by atoms with E-state index in [2.05, 4.69) is 39.6 Å². The summed E-state index contributed by atoms with van der Waals surface area (Å²) in [7, 11) is 1.58. The van der Waals surface area contributed by atoms with Crippen molar-refractivity contribution in [3.8, 4) is 22.8 Å². The van der Waals surface area contributed by atoms with Crippen LogP contribution in [-0.2, 0) is 11.2 Å². The molecule has 0 saturated heterocycles. The fraction of sp³-hybridized carbons (Fsp3) is 0.167. The van der Waals surface area contributed by atoms with Crippen molar-refractivity contribution < 1.29 is 9.53 Å². The van der Waals surface area contributed by atoms with E-state index in [1.54, 1.807) is 31.6 Å². The third kappa shape index (κ3) is 4.81. The fourth-order valence-electron chi connectivity index (χ4n) is 3.23. The second-order valence-corrected chi connectivity index (χ2v) is 7.88. The minimum atomic E-state index is -0.152. The summed E-state index contributed by atoms with van der Waals surface area (Å²) in [5, 5.41) is 12.3. The van der Waals surface area contributed by atoms with E-state index in [-0.39, 0.29) is 11.7 Å². The maximum atomic E-state index is 12.6. The summed E-state index contributed by atoms with van der Waals surface area (Å²) in [6.07, 6.45) is 4.41. The van der Waals surface area contributed by atoms with Crippen molar-refractivity contribution in [3.63, 3.8) is 0 Å². The summed E-state index contributed by atoms with van der Waals surface area (Å²) in [6.45, 7) is 2.12. The highest BCUT2D eigenvalue weighted by Gasteiger charge is 2.18. The molecule has 0 aliphatic rings. The molecule has 0 unspecified atom stereocenters. The normalized spacial score (nSPS) is 10.7. The minimum absolute atomic E-state index is 0.152. The van der Waals surface area contributed by atoms with Crippen LogP contribution in [0.1, 0.15) is 12.5 Å². The maximum Gasteiger partial charge on any atom is 0.234 e. The maximum absolute atomic E-state index is 12.6. The number of para-hydroxylation sites is 2. The highest BCUT2D eigenvalue weighted by molar-refractivity contribution is 7.99. The van der Waals surface area contributed by atoms with Gasteiger partial charge in [0.1, 0.15) is 5.75 Å². The molecule has 0 radical (unpaired) electrons. The zero-order valence-electron chi connectivity index (χ0n) is 17.9. The van der Waals surface area contributed by atoms with Crippen molar-refractivity contribution in [1.29, 1.82) is 0 Å². The van der Waals surface area contributed by atoms with E-state index in [1.807, 2.05) is 41.0 Å². The Kier molecular flexibility index (Phi) is 6.81. The number of thioether (sulfide) groups is 1. The summed E-state index contributed by atoms with van der Waals surface area (Å²) < 4.78 is 7.27. The third-order valence-corrected chi connectivity index (χ3v) is 5.82. The Morgan fingerprint density at radius 1 is 1.03 bits per heavy atom. The quantitative estimate of drug-likeness (QED) is 0.398. The van der Waals surface area contributed by atoms with Crippen LogP contribution >= 0.6 is 11.8 Å².